The minimum absolute atomic E-state index is 0.190. The highest BCUT2D eigenvalue weighted by Crippen LogP contribution is 2.31. The number of aromatic nitrogens is 2. The molecule has 2 aromatic heterocycles. The van der Waals surface area contributed by atoms with Crippen molar-refractivity contribution in [1.82, 2.24) is 18.9 Å². The van der Waals surface area contributed by atoms with E-state index in [1.54, 1.807) is 35.8 Å². The molecule has 2 heterocycles. The van der Waals surface area contributed by atoms with E-state index >= 15 is 0 Å². The highest BCUT2D eigenvalue weighted by molar-refractivity contribution is 9.10. The van der Waals surface area contributed by atoms with Crippen LogP contribution >= 0.6 is 15.9 Å². The topological polar surface area (TPSA) is 117 Å². The summed E-state index contributed by atoms with van der Waals surface area (Å²) in [6.07, 6.45) is 3.38. The van der Waals surface area contributed by atoms with Crippen LogP contribution in [0.25, 0.3) is 5.52 Å². The predicted octanol–water partition coefficient (Wildman–Crippen LogP) is 3.05. The molecule has 0 aliphatic heterocycles. The van der Waals surface area contributed by atoms with Gasteiger partial charge in [-0.1, -0.05) is 15.9 Å². The van der Waals surface area contributed by atoms with E-state index in [0.29, 0.717) is 30.1 Å². The first-order valence-electron chi connectivity index (χ1n) is 10.2. The molecule has 0 N–H and O–H groups in total. The zero-order valence-corrected chi connectivity index (χ0v) is 21.9. The molecule has 0 radical (unpaired) electrons. The largest absolute Gasteiger partial charge is 0.372 e. The number of fused-ring (bicyclic) bond motifs is 1. The molecule has 0 spiro atoms. The van der Waals surface area contributed by atoms with Crippen molar-refractivity contribution in [3.05, 3.63) is 62.9 Å². The molecule has 13 heteroatoms. The summed E-state index contributed by atoms with van der Waals surface area (Å²) < 4.78 is 30.4. The molecule has 11 nitrogen and oxygen atoms in total. The van der Waals surface area contributed by atoms with E-state index in [0.717, 1.165) is 20.5 Å². The quantitative estimate of drug-likeness (QED) is 0.228. The van der Waals surface area contributed by atoms with Crippen molar-refractivity contribution in [2.75, 3.05) is 46.2 Å². The van der Waals surface area contributed by atoms with Gasteiger partial charge in [-0.05, 0) is 39.2 Å². The molecule has 34 heavy (non-hydrogen) atoms. The van der Waals surface area contributed by atoms with Crippen LogP contribution in [0, 0.1) is 10.1 Å². The Hall–Kier alpha value is -3.03. The number of halogens is 1. The number of likely N-dealkylation sites (N-methyl/N-ethyl adjacent to an activating group) is 2. The van der Waals surface area contributed by atoms with E-state index in [1.165, 1.54) is 19.2 Å². The summed E-state index contributed by atoms with van der Waals surface area (Å²) in [5.74, 6) is 0. The lowest BCUT2D eigenvalue weighted by Crippen LogP contribution is -2.31. The smallest absolute Gasteiger partial charge is 0.281 e. The number of non-ortho nitro benzene ring substituents is 1. The van der Waals surface area contributed by atoms with E-state index in [2.05, 4.69) is 26.1 Å². The van der Waals surface area contributed by atoms with Gasteiger partial charge in [-0.25, -0.2) is 4.52 Å². The van der Waals surface area contributed by atoms with E-state index < -0.39 is 14.9 Å². The van der Waals surface area contributed by atoms with Gasteiger partial charge in [-0.2, -0.15) is 23.0 Å². The first-order valence-corrected chi connectivity index (χ1v) is 12.5. The molecule has 0 saturated carbocycles. The highest BCUT2D eigenvalue weighted by Gasteiger charge is 2.28. The van der Waals surface area contributed by atoms with Crippen LogP contribution in [-0.4, -0.2) is 79.3 Å². The summed E-state index contributed by atoms with van der Waals surface area (Å²) in [5.41, 5.74) is 1.87. The van der Waals surface area contributed by atoms with Gasteiger partial charge in [0.2, 0.25) is 0 Å². The predicted molar refractivity (Wildman–Crippen MR) is 135 cm³/mol. The van der Waals surface area contributed by atoms with Gasteiger partial charge in [-0.15, -0.1) is 0 Å². The van der Waals surface area contributed by atoms with Gasteiger partial charge in [0.1, 0.15) is 4.90 Å². The third-order valence-electron chi connectivity index (χ3n) is 5.24. The van der Waals surface area contributed by atoms with Crippen molar-refractivity contribution >= 4 is 48.6 Å². The Kier molecular flexibility index (Phi) is 7.58. The first kappa shape index (κ1) is 25.6. The average molecular weight is 552 g/mol. The maximum atomic E-state index is 13.5. The highest BCUT2D eigenvalue weighted by atomic mass is 79.9. The summed E-state index contributed by atoms with van der Waals surface area (Å²) in [5, 5.41) is 19.9. The van der Waals surface area contributed by atoms with Crippen LogP contribution in [0.4, 0.5) is 11.4 Å². The monoisotopic (exact) mass is 551 g/mol. The molecule has 182 valence electrons. The Morgan fingerprint density at radius 1 is 1.18 bits per heavy atom. The Bertz CT molecular complexity index is 1350. The van der Waals surface area contributed by atoms with Crippen molar-refractivity contribution in [3.63, 3.8) is 0 Å². The maximum Gasteiger partial charge on any atom is 0.281 e. The second-order valence-corrected chi connectivity index (χ2v) is 10.8. The van der Waals surface area contributed by atoms with Gasteiger partial charge in [0, 0.05) is 55.6 Å². The van der Waals surface area contributed by atoms with Crippen LogP contribution < -0.4 is 4.90 Å². The number of nitro groups is 1. The van der Waals surface area contributed by atoms with Crippen LogP contribution in [0.15, 0.2) is 57.2 Å². The second kappa shape index (κ2) is 10.1. The number of hydrazone groups is 1. The molecular formula is C21H26BrN7O4S. The zero-order chi connectivity index (χ0) is 25.2. The van der Waals surface area contributed by atoms with E-state index in [9.17, 15) is 18.5 Å². The third-order valence-corrected chi connectivity index (χ3v) is 7.39. The molecule has 0 fully saturated rings. The molecule has 1 aromatic carbocycles. The lowest BCUT2D eigenvalue weighted by atomic mass is 10.2. The van der Waals surface area contributed by atoms with Crippen molar-refractivity contribution in [2.24, 2.45) is 5.10 Å². The summed E-state index contributed by atoms with van der Waals surface area (Å²) in [6, 6.07) is 7.52. The van der Waals surface area contributed by atoms with Gasteiger partial charge in [0.05, 0.1) is 28.0 Å². The van der Waals surface area contributed by atoms with Crippen molar-refractivity contribution < 1.29 is 13.3 Å². The van der Waals surface area contributed by atoms with Gasteiger partial charge >= 0.3 is 0 Å². The lowest BCUT2D eigenvalue weighted by molar-refractivity contribution is -0.385. The molecule has 0 aliphatic rings. The maximum absolute atomic E-state index is 13.5. The van der Waals surface area contributed by atoms with Crippen LogP contribution in [0.5, 0.6) is 0 Å². The summed E-state index contributed by atoms with van der Waals surface area (Å²) >= 11 is 3.43. The van der Waals surface area contributed by atoms with E-state index in [1.807, 2.05) is 31.1 Å². The standard InChI is InChI=1S/C21H26BrN7O4S/c1-15(18-14-23-28-9-8-16(22)12-20(18)28)24-27(5)34(32,33)21-13-17(29(30)31)6-7-19(21)26(4)11-10-25(2)3/h6-9,12-14H,10-11H2,1-5H3/b24-15+. The van der Waals surface area contributed by atoms with Gasteiger partial charge in [-0.3, -0.25) is 10.1 Å². The minimum Gasteiger partial charge on any atom is -0.372 e. The van der Waals surface area contributed by atoms with Crippen molar-refractivity contribution in [3.8, 4) is 0 Å². The van der Waals surface area contributed by atoms with Crippen molar-refractivity contribution in [1.29, 1.82) is 0 Å². The van der Waals surface area contributed by atoms with Crippen LogP contribution in [-0.2, 0) is 10.0 Å². The number of anilines is 1. The first-order chi connectivity index (χ1) is 15.9. The number of hydrogen-bond acceptors (Lipinski definition) is 8. The Labute approximate surface area is 206 Å². The lowest BCUT2D eigenvalue weighted by Gasteiger charge is -2.25. The molecule has 0 aliphatic carbocycles. The van der Waals surface area contributed by atoms with Crippen LogP contribution in [0.1, 0.15) is 12.5 Å². The number of benzene rings is 1. The number of hydrogen-bond donors (Lipinski definition) is 0. The molecule has 3 aromatic rings. The average Bonchev–Trinajstić information content (AvgIpc) is 3.19. The molecule has 0 unspecified atom stereocenters. The van der Waals surface area contributed by atoms with Gasteiger partial charge < -0.3 is 9.80 Å². The number of pyridine rings is 1. The molecular weight excluding hydrogens is 526 g/mol. The minimum atomic E-state index is -4.21. The normalized spacial score (nSPS) is 12.4. The van der Waals surface area contributed by atoms with E-state index in [4.69, 9.17) is 0 Å². The fourth-order valence-electron chi connectivity index (χ4n) is 3.30. The summed E-state index contributed by atoms with van der Waals surface area (Å²) in [6.45, 7) is 2.88. The summed E-state index contributed by atoms with van der Waals surface area (Å²) in [7, 11) is 2.66. The van der Waals surface area contributed by atoms with E-state index in [-0.39, 0.29) is 10.6 Å². The molecule has 0 saturated heterocycles. The third kappa shape index (κ3) is 5.37. The van der Waals surface area contributed by atoms with Gasteiger partial charge in [0.25, 0.3) is 15.7 Å². The second-order valence-electron chi connectivity index (χ2n) is 7.99. The zero-order valence-electron chi connectivity index (χ0n) is 19.5. The fourth-order valence-corrected chi connectivity index (χ4v) is 4.91. The Morgan fingerprint density at radius 3 is 2.53 bits per heavy atom. The number of nitrogens with zero attached hydrogens (tertiary/aromatic N) is 7. The number of rotatable bonds is 9. The Morgan fingerprint density at radius 2 is 1.88 bits per heavy atom. The molecule has 0 atom stereocenters. The summed E-state index contributed by atoms with van der Waals surface area (Å²) in [4.78, 5) is 14.3. The van der Waals surface area contributed by atoms with Crippen molar-refractivity contribution in [2.45, 2.75) is 11.8 Å². The molecule has 3 rings (SSSR count). The molecule has 0 bridgehead atoms. The van der Waals surface area contributed by atoms with Crippen LogP contribution in [0.3, 0.4) is 0 Å². The van der Waals surface area contributed by atoms with Crippen LogP contribution in [0.2, 0.25) is 0 Å². The molecule has 0 amide bonds. The number of nitro benzene ring substituents is 1. The number of sulfonamides is 1. The van der Waals surface area contributed by atoms with Gasteiger partial charge in [0.15, 0.2) is 0 Å². The Balaban J connectivity index is 2.04. The fraction of sp³-hybridized carbons (Fsp3) is 0.333. The SMILES string of the molecule is C/C(=N\N(C)S(=O)(=O)c1cc([N+](=O)[O-])ccc1N(C)CCN(C)C)c1cnn2ccc(Br)cc12.